The molecule has 0 aliphatic heterocycles. The lowest BCUT2D eigenvalue weighted by Crippen LogP contribution is -2.24. The lowest BCUT2D eigenvalue weighted by Gasteiger charge is -2.30. The Morgan fingerprint density at radius 2 is 1.95 bits per heavy atom. The van der Waals surface area contributed by atoms with Crippen LogP contribution in [0.5, 0.6) is 0 Å². The van der Waals surface area contributed by atoms with Crippen LogP contribution < -0.4 is 0 Å². The summed E-state index contributed by atoms with van der Waals surface area (Å²) < 4.78 is 24.4. The third-order valence-corrected chi connectivity index (χ3v) is 6.82. The van der Waals surface area contributed by atoms with Gasteiger partial charge in [-0.15, -0.1) is 0 Å². The van der Waals surface area contributed by atoms with Gasteiger partial charge in [-0.25, -0.2) is 8.42 Å². The molecule has 0 spiro atoms. The number of nitrogens with zero attached hydrogens (tertiary/aromatic N) is 1. The van der Waals surface area contributed by atoms with E-state index in [2.05, 4.69) is 6.07 Å². The SMILES string of the molecule is N#CC1(CC2CC2)CC=C(S(=O)(=O)CC2CC2)CC1. The lowest BCUT2D eigenvalue weighted by atomic mass is 9.74. The fraction of sp³-hybridized carbons (Fsp3) is 0.800. The van der Waals surface area contributed by atoms with Gasteiger partial charge in [-0.05, 0) is 50.4 Å². The van der Waals surface area contributed by atoms with Crippen molar-refractivity contribution in [3.05, 3.63) is 11.0 Å². The molecule has 1 unspecified atom stereocenters. The number of nitriles is 1. The highest BCUT2D eigenvalue weighted by Crippen LogP contribution is 2.47. The van der Waals surface area contributed by atoms with Crippen molar-refractivity contribution in [2.45, 2.75) is 51.4 Å². The zero-order chi connectivity index (χ0) is 13.5. The Morgan fingerprint density at radius 1 is 1.26 bits per heavy atom. The van der Waals surface area contributed by atoms with Gasteiger partial charge in [0.15, 0.2) is 9.84 Å². The van der Waals surface area contributed by atoms with Gasteiger partial charge in [0.25, 0.3) is 0 Å². The number of rotatable bonds is 5. The van der Waals surface area contributed by atoms with Gasteiger partial charge < -0.3 is 0 Å². The van der Waals surface area contributed by atoms with Crippen molar-refractivity contribution in [2.75, 3.05) is 5.75 Å². The first-order valence-electron chi connectivity index (χ1n) is 7.36. The maximum Gasteiger partial charge on any atom is 0.174 e. The molecule has 19 heavy (non-hydrogen) atoms. The van der Waals surface area contributed by atoms with Gasteiger partial charge in [0.2, 0.25) is 0 Å². The molecule has 3 rings (SSSR count). The maximum absolute atomic E-state index is 12.2. The van der Waals surface area contributed by atoms with E-state index in [9.17, 15) is 13.7 Å². The van der Waals surface area contributed by atoms with E-state index in [4.69, 9.17) is 0 Å². The Balaban J connectivity index is 1.69. The second-order valence-corrected chi connectivity index (χ2v) is 8.73. The molecule has 0 saturated heterocycles. The molecule has 0 amide bonds. The molecule has 0 aromatic heterocycles. The van der Waals surface area contributed by atoms with Crippen molar-refractivity contribution in [3.63, 3.8) is 0 Å². The van der Waals surface area contributed by atoms with Crippen molar-refractivity contribution in [3.8, 4) is 6.07 Å². The minimum Gasteiger partial charge on any atom is -0.224 e. The van der Waals surface area contributed by atoms with E-state index in [0.29, 0.717) is 29.4 Å². The predicted molar refractivity (Wildman–Crippen MR) is 73.8 cm³/mol. The van der Waals surface area contributed by atoms with Crippen LogP contribution in [0.2, 0.25) is 0 Å². The summed E-state index contributed by atoms with van der Waals surface area (Å²) in [6.45, 7) is 0. The number of allylic oxidation sites excluding steroid dienone is 2. The molecule has 3 aliphatic carbocycles. The molecule has 0 bridgehead atoms. The van der Waals surface area contributed by atoms with E-state index >= 15 is 0 Å². The molecule has 0 radical (unpaired) electrons. The van der Waals surface area contributed by atoms with E-state index in [0.717, 1.165) is 31.6 Å². The fourth-order valence-corrected chi connectivity index (χ4v) is 4.99. The average Bonchev–Trinajstić information content (AvgIpc) is 3.27. The van der Waals surface area contributed by atoms with Crippen LogP contribution in [0.1, 0.15) is 51.4 Å². The van der Waals surface area contributed by atoms with E-state index < -0.39 is 9.84 Å². The Morgan fingerprint density at radius 3 is 2.42 bits per heavy atom. The standard InChI is InChI=1S/C15H21NO2S/c16-11-15(9-12-1-2-12)7-5-14(6-8-15)19(17,18)10-13-3-4-13/h5,12-13H,1-4,6-10H2. The highest BCUT2D eigenvalue weighted by Gasteiger charge is 2.40. The highest BCUT2D eigenvalue weighted by atomic mass is 32.2. The molecule has 3 aliphatic rings. The summed E-state index contributed by atoms with van der Waals surface area (Å²) in [4.78, 5) is 0.612. The van der Waals surface area contributed by atoms with Gasteiger partial charge in [0.05, 0.1) is 17.2 Å². The van der Waals surface area contributed by atoms with Gasteiger partial charge in [0.1, 0.15) is 0 Å². The predicted octanol–water partition coefficient (Wildman–Crippen LogP) is 3.19. The summed E-state index contributed by atoms with van der Waals surface area (Å²) in [7, 11) is -3.04. The van der Waals surface area contributed by atoms with E-state index in [1.165, 1.54) is 12.8 Å². The first-order valence-corrected chi connectivity index (χ1v) is 9.01. The maximum atomic E-state index is 12.2. The van der Waals surface area contributed by atoms with Gasteiger partial charge >= 0.3 is 0 Å². The van der Waals surface area contributed by atoms with Gasteiger partial charge in [-0.3, -0.25) is 0 Å². The van der Waals surface area contributed by atoms with Gasteiger partial charge in [-0.2, -0.15) is 5.26 Å². The van der Waals surface area contributed by atoms with Crippen LogP contribution in [0.4, 0.5) is 0 Å². The summed E-state index contributed by atoms with van der Waals surface area (Å²) in [5, 5.41) is 9.43. The van der Waals surface area contributed by atoms with E-state index in [1.54, 1.807) is 0 Å². The van der Waals surface area contributed by atoms with Crippen LogP contribution >= 0.6 is 0 Å². The van der Waals surface area contributed by atoms with Crippen molar-refractivity contribution in [2.24, 2.45) is 17.3 Å². The minimum absolute atomic E-state index is 0.278. The Labute approximate surface area is 115 Å². The zero-order valence-corrected chi connectivity index (χ0v) is 12.1. The molecule has 0 N–H and O–H groups in total. The summed E-state index contributed by atoms with van der Waals surface area (Å²) in [6, 6.07) is 2.47. The Hall–Kier alpha value is -0.820. The smallest absolute Gasteiger partial charge is 0.174 e. The van der Waals surface area contributed by atoms with Crippen LogP contribution in [-0.4, -0.2) is 14.2 Å². The minimum atomic E-state index is -3.04. The molecule has 0 aromatic rings. The first-order chi connectivity index (χ1) is 9.03. The number of hydrogen-bond donors (Lipinski definition) is 0. The zero-order valence-electron chi connectivity index (χ0n) is 11.3. The second kappa shape index (κ2) is 4.63. The molecular formula is C15H21NO2S. The monoisotopic (exact) mass is 279 g/mol. The van der Waals surface area contributed by atoms with Crippen molar-refractivity contribution in [1.82, 2.24) is 0 Å². The quantitative estimate of drug-likeness (QED) is 0.776. The Kier molecular flexibility index (Phi) is 3.21. The second-order valence-electron chi connectivity index (χ2n) is 6.64. The molecule has 3 nitrogen and oxygen atoms in total. The normalized spacial score (nSPS) is 31.6. The van der Waals surface area contributed by atoms with Crippen molar-refractivity contribution in [1.29, 1.82) is 5.26 Å². The summed E-state index contributed by atoms with van der Waals surface area (Å²) in [6.07, 6.45) is 9.40. The van der Waals surface area contributed by atoms with Crippen LogP contribution in [-0.2, 0) is 9.84 Å². The molecule has 1 atom stereocenters. The highest BCUT2D eigenvalue weighted by molar-refractivity contribution is 7.95. The average molecular weight is 279 g/mol. The number of hydrogen-bond acceptors (Lipinski definition) is 3. The molecule has 2 fully saturated rings. The van der Waals surface area contributed by atoms with Crippen LogP contribution in [0, 0.1) is 28.6 Å². The largest absolute Gasteiger partial charge is 0.224 e. The van der Waals surface area contributed by atoms with Crippen LogP contribution in [0.25, 0.3) is 0 Å². The first kappa shape index (κ1) is 13.2. The summed E-state index contributed by atoms with van der Waals surface area (Å²) in [5.74, 6) is 1.46. The molecule has 4 heteroatoms. The third kappa shape index (κ3) is 3.02. The molecular weight excluding hydrogens is 258 g/mol. The molecule has 0 heterocycles. The third-order valence-electron chi connectivity index (χ3n) is 4.74. The van der Waals surface area contributed by atoms with E-state index in [1.807, 2.05) is 6.08 Å². The van der Waals surface area contributed by atoms with Crippen molar-refractivity contribution >= 4 is 9.84 Å². The molecule has 0 aromatic carbocycles. The topological polar surface area (TPSA) is 57.9 Å². The fourth-order valence-electron chi connectivity index (χ4n) is 3.07. The van der Waals surface area contributed by atoms with E-state index in [-0.39, 0.29) is 5.41 Å². The van der Waals surface area contributed by atoms with Gasteiger partial charge in [0, 0.05) is 4.91 Å². The van der Waals surface area contributed by atoms with Gasteiger partial charge in [-0.1, -0.05) is 18.9 Å². The van der Waals surface area contributed by atoms with Crippen molar-refractivity contribution < 1.29 is 8.42 Å². The van der Waals surface area contributed by atoms with Crippen LogP contribution in [0.3, 0.4) is 0 Å². The summed E-state index contributed by atoms with van der Waals surface area (Å²) >= 11 is 0. The molecule has 104 valence electrons. The Bertz CT molecular complexity index is 535. The van der Waals surface area contributed by atoms with Crippen LogP contribution in [0.15, 0.2) is 11.0 Å². The summed E-state index contributed by atoms with van der Waals surface area (Å²) in [5.41, 5.74) is -0.278. The number of sulfone groups is 1. The molecule has 2 saturated carbocycles. The lowest BCUT2D eigenvalue weighted by molar-refractivity contribution is 0.310.